The molecule has 5 heteroatoms. The molecule has 0 radical (unpaired) electrons. The average molecular weight is 441 g/mol. The van der Waals surface area contributed by atoms with Crippen molar-refractivity contribution in [1.82, 2.24) is 4.90 Å². The van der Waals surface area contributed by atoms with Crippen molar-refractivity contribution in [3.8, 4) is 0 Å². The van der Waals surface area contributed by atoms with Gasteiger partial charge in [-0.3, -0.25) is 14.5 Å². The van der Waals surface area contributed by atoms with Crippen molar-refractivity contribution in [2.24, 2.45) is 5.92 Å². The molecule has 4 nitrogen and oxygen atoms in total. The Bertz CT molecular complexity index is 1210. The van der Waals surface area contributed by atoms with E-state index < -0.39 is 11.5 Å². The van der Waals surface area contributed by atoms with Crippen molar-refractivity contribution < 1.29 is 9.59 Å². The van der Waals surface area contributed by atoms with Gasteiger partial charge in [0.25, 0.3) is 0 Å². The van der Waals surface area contributed by atoms with E-state index >= 15 is 0 Å². The summed E-state index contributed by atoms with van der Waals surface area (Å²) in [6.07, 6.45) is 0. The lowest BCUT2D eigenvalue weighted by Crippen LogP contribution is -2.52. The van der Waals surface area contributed by atoms with E-state index in [2.05, 4.69) is 28.4 Å². The summed E-state index contributed by atoms with van der Waals surface area (Å²) in [5, 5.41) is 3.14. The van der Waals surface area contributed by atoms with Gasteiger partial charge < -0.3 is 5.32 Å². The molecule has 32 heavy (non-hydrogen) atoms. The molecule has 6 rings (SSSR count). The fourth-order valence-corrected chi connectivity index (χ4v) is 7.35. The van der Waals surface area contributed by atoms with E-state index in [1.54, 1.807) is 0 Å². The number of Topliss-reactive ketones (excluding diaryl/α,β-unsaturated/α-hetero) is 1. The normalized spacial score (nSPS) is 28.5. The van der Waals surface area contributed by atoms with Gasteiger partial charge in [-0.05, 0) is 18.6 Å². The van der Waals surface area contributed by atoms with Gasteiger partial charge in [-0.15, -0.1) is 11.8 Å². The van der Waals surface area contributed by atoms with Crippen LogP contribution in [0.25, 0.3) is 0 Å². The number of rotatable bonds is 3. The second-order valence-electron chi connectivity index (χ2n) is 8.95. The van der Waals surface area contributed by atoms with Crippen molar-refractivity contribution in [2.45, 2.75) is 24.4 Å². The molecule has 0 aliphatic carbocycles. The maximum atomic E-state index is 14.2. The molecule has 4 atom stereocenters. The highest BCUT2D eigenvalue weighted by Crippen LogP contribution is 2.61. The Balaban J connectivity index is 1.63. The van der Waals surface area contributed by atoms with Gasteiger partial charge >= 0.3 is 0 Å². The fraction of sp³-hybridized carbons (Fsp3) is 0.259. The third kappa shape index (κ3) is 2.61. The van der Waals surface area contributed by atoms with E-state index in [4.69, 9.17) is 0 Å². The molecule has 3 aromatic rings. The molecule has 0 aromatic heterocycles. The molecule has 1 spiro atoms. The topological polar surface area (TPSA) is 49.4 Å². The van der Waals surface area contributed by atoms with Crippen molar-refractivity contribution in [1.29, 1.82) is 0 Å². The van der Waals surface area contributed by atoms with Crippen LogP contribution < -0.4 is 5.32 Å². The summed E-state index contributed by atoms with van der Waals surface area (Å²) in [5.74, 6) is 1.07. The Morgan fingerprint density at radius 1 is 1.03 bits per heavy atom. The molecule has 0 saturated carbocycles. The van der Waals surface area contributed by atoms with Gasteiger partial charge in [0.05, 0.1) is 5.92 Å². The van der Waals surface area contributed by atoms with Crippen molar-refractivity contribution in [3.05, 3.63) is 101 Å². The zero-order valence-corrected chi connectivity index (χ0v) is 18.6. The molecule has 0 bridgehead atoms. The number of fused-ring (bicyclic) bond motifs is 4. The number of hydrogen-bond donors (Lipinski definition) is 1. The number of benzene rings is 3. The molecular formula is C27H24N2O2S. The van der Waals surface area contributed by atoms with Crippen LogP contribution in [0.4, 0.5) is 5.69 Å². The van der Waals surface area contributed by atoms with Gasteiger partial charge in [-0.1, -0.05) is 78.4 Å². The minimum absolute atomic E-state index is 0.0448. The second kappa shape index (κ2) is 7.32. The summed E-state index contributed by atoms with van der Waals surface area (Å²) < 4.78 is 0. The van der Waals surface area contributed by atoms with Gasteiger partial charge in [-0.25, -0.2) is 0 Å². The number of nitrogens with one attached hydrogen (secondary N) is 1. The van der Waals surface area contributed by atoms with Crippen LogP contribution in [0.3, 0.4) is 0 Å². The number of thioether (sulfide) groups is 1. The Morgan fingerprint density at radius 3 is 2.50 bits per heavy atom. The smallest absolute Gasteiger partial charge is 0.250 e. The lowest BCUT2D eigenvalue weighted by atomic mass is 9.69. The minimum Gasteiger partial charge on any atom is -0.324 e. The first-order valence-electron chi connectivity index (χ1n) is 11.0. The monoisotopic (exact) mass is 440 g/mol. The average Bonchev–Trinajstić information content (AvgIpc) is 3.48. The number of carbonyl (C=O) groups is 2. The van der Waals surface area contributed by atoms with Gasteiger partial charge in [0.15, 0.2) is 5.78 Å². The summed E-state index contributed by atoms with van der Waals surface area (Å²) in [5.41, 5.74) is 3.67. The highest BCUT2D eigenvalue weighted by Gasteiger charge is 2.69. The van der Waals surface area contributed by atoms with Gasteiger partial charge in [-0.2, -0.15) is 0 Å². The molecule has 4 unspecified atom stereocenters. The first kappa shape index (κ1) is 19.8. The minimum atomic E-state index is -0.997. The zero-order chi connectivity index (χ0) is 21.9. The van der Waals surface area contributed by atoms with Crippen LogP contribution >= 0.6 is 11.8 Å². The van der Waals surface area contributed by atoms with Gasteiger partial charge in [0.2, 0.25) is 5.91 Å². The first-order chi connectivity index (χ1) is 15.6. The predicted octanol–water partition coefficient (Wildman–Crippen LogP) is 4.81. The van der Waals surface area contributed by atoms with E-state index in [0.29, 0.717) is 5.56 Å². The Kier molecular flexibility index (Phi) is 4.52. The molecule has 3 aliphatic rings. The number of amides is 1. The standard InChI is InChI=1S/C27H24N2O2S/c1-17-12-13-21-20(14-17)27(26(31)28-21)24(25(30)19-10-6-3-7-11-19)23(18-8-4-2-5-9-18)22-15-32-16-29(22)27/h2-14,22-24H,15-16H2,1H3,(H,28,31). The first-order valence-corrected chi connectivity index (χ1v) is 12.2. The van der Waals surface area contributed by atoms with Crippen LogP contribution in [-0.2, 0) is 10.3 Å². The van der Waals surface area contributed by atoms with Crippen LogP contribution in [-0.4, -0.2) is 34.3 Å². The molecule has 3 aliphatic heterocycles. The summed E-state index contributed by atoms with van der Waals surface area (Å²) in [6.45, 7) is 2.05. The van der Waals surface area contributed by atoms with E-state index in [1.807, 2.05) is 79.3 Å². The predicted molar refractivity (Wildman–Crippen MR) is 128 cm³/mol. The highest BCUT2D eigenvalue weighted by atomic mass is 32.2. The maximum Gasteiger partial charge on any atom is 0.250 e. The Morgan fingerprint density at radius 2 is 1.75 bits per heavy atom. The van der Waals surface area contributed by atoms with Crippen molar-refractivity contribution in [2.75, 3.05) is 16.9 Å². The van der Waals surface area contributed by atoms with Crippen molar-refractivity contribution >= 4 is 29.1 Å². The summed E-state index contributed by atoms with van der Waals surface area (Å²) >= 11 is 1.85. The van der Waals surface area contributed by atoms with Gasteiger partial charge in [0, 0.05) is 40.4 Å². The second-order valence-corrected chi connectivity index (χ2v) is 9.95. The van der Waals surface area contributed by atoms with Crippen LogP contribution in [0.5, 0.6) is 0 Å². The van der Waals surface area contributed by atoms with Crippen LogP contribution in [0.15, 0.2) is 78.9 Å². The fourth-order valence-electron chi connectivity index (χ4n) is 6.02. The molecule has 3 aromatic carbocycles. The third-order valence-electron chi connectivity index (χ3n) is 7.30. The third-order valence-corrected chi connectivity index (χ3v) is 8.34. The van der Waals surface area contributed by atoms with Crippen LogP contribution in [0.2, 0.25) is 0 Å². The summed E-state index contributed by atoms with van der Waals surface area (Å²) in [7, 11) is 0. The lowest BCUT2D eigenvalue weighted by Gasteiger charge is -2.36. The molecule has 160 valence electrons. The number of ketones is 1. The van der Waals surface area contributed by atoms with Gasteiger partial charge in [0.1, 0.15) is 5.54 Å². The molecule has 2 saturated heterocycles. The van der Waals surface area contributed by atoms with Crippen LogP contribution in [0.1, 0.15) is 33.0 Å². The summed E-state index contributed by atoms with van der Waals surface area (Å²) in [6, 6.07) is 26.0. The maximum absolute atomic E-state index is 14.2. The van der Waals surface area contributed by atoms with E-state index in [1.165, 1.54) is 0 Å². The largest absolute Gasteiger partial charge is 0.324 e. The molecule has 1 N–H and O–H groups in total. The molecule has 1 amide bonds. The number of hydrogen-bond acceptors (Lipinski definition) is 4. The van der Waals surface area contributed by atoms with E-state index in [-0.39, 0.29) is 23.7 Å². The quantitative estimate of drug-likeness (QED) is 0.594. The van der Waals surface area contributed by atoms with Crippen LogP contribution in [0, 0.1) is 12.8 Å². The Labute approximate surface area is 192 Å². The number of aryl methyl sites for hydroxylation is 1. The number of nitrogens with zero attached hydrogens (tertiary/aromatic N) is 1. The molecule has 2 fully saturated rings. The number of carbonyl (C=O) groups excluding carboxylic acids is 2. The lowest BCUT2D eigenvalue weighted by molar-refractivity contribution is -0.127. The molecule has 3 heterocycles. The summed E-state index contributed by atoms with van der Waals surface area (Å²) in [4.78, 5) is 30.5. The molecular weight excluding hydrogens is 416 g/mol. The number of anilines is 1. The van der Waals surface area contributed by atoms with Crippen molar-refractivity contribution in [3.63, 3.8) is 0 Å². The van der Waals surface area contributed by atoms with E-state index in [0.717, 1.165) is 34.0 Å². The zero-order valence-electron chi connectivity index (χ0n) is 17.8. The van der Waals surface area contributed by atoms with E-state index in [9.17, 15) is 9.59 Å². The SMILES string of the molecule is Cc1ccc2c(c1)C1(C(=O)N2)C(C(=O)c2ccccc2)C(c2ccccc2)C2CSCN21. The highest BCUT2D eigenvalue weighted by molar-refractivity contribution is 7.99. The Hall–Kier alpha value is -2.89.